The normalized spacial score (nSPS) is 11.4. The van der Waals surface area contributed by atoms with Crippen LogP contribution in [0.15, 0.2) is 84.5 Å². The van der Waals surface area contributed by atoms with Crippen LogP contribution in [0.2, 0.25) is 0 Å². The first-order chi connectivity index (χ1) is 13.6. The molecule has 3 rings (SSSR count). The third kappa shape index (κ3) is 3.64. The van der Waals surface area contributed by atoms with Crippen molar-refractivity contribution in [3.8, 4) is 5.69 Å². The van der Waals surface area contributed by atoms with Crippen molar-refractivity contribution >= 4 is 16.9 Å². The van der Waals surface area contributed by atoms with Gasteiger partial charge in [0, 0.05) is 23.0 Å². The van der Waals surface area contributed by atoms with E-state index >= 15 is 0 Å². The van der Waals surface area contributed by atoms with E-state index in [4.69, 9.17) is 0 Å². The maximum absolute atomic E-state index is 14.4. The minimum Gasteiger partial charge on any atom is -0.341 e. The highest BCUT2D eigenvalue weighted by Crippen LogP contribution is 2.26. The molecule has 0 amide bonds. The molecule has 3 aromatic rings. The van der Waals surface area contributed by atoms with Crippen molar-refractivity contribution in [3.05, 3.63) is 101 Å². The van der Waals surface area contributed by atoms with Crippen LogP contribution in [-0.4, -0.2) is 9.55 Å². The molecule has 1 aromatic carbocycles. The van der Waals surface area contributed by atoms with Gasteiger partial charge in [-0.15, -0.1) is 0 Å². The molecule has 0 bridgehead atoms. The molecule has 2 aromatic heterocycles. The van der Waals surface area contributed by atoms with Gasteiger partial charge in [0.2, 0.25) is 0 Å². The molecular formula is C23H22FN3O. The molecule has 0 aliphatic rings. The van der Waals surface area contributed by atoms with Gasteiger partial charge in [-0.25, -0.2) is 9.37 Å². The van der Waals surface area contributed by atoms with Crippen LogP contribution in [0.3, 0.4) is 0 Å². The lowest BCUT2D eigenvalue weighted by atomic mass is 10.1. The highest BCUT2D eigenvalue weighted by Gasteiger charge is 2.18. The van der Waals surface area contributed by atoms with Crippen molar-refractivity contribution in [2.24, 2.45) is 0 Å². The largest absolute Gasteiger partial charge is 0.341 e. The Morgan fingerprint density at radius 3 is 2.68 bits per heavy atom. The maximum atomic E-state index is 14.4. The minimum absolute atomic E-state index is 0.276. The number of anilines is 1. The number of hydrogen-bond donors (Lipinski definition) is 1. The summed E-state index contributed by atoms with van der Waals surface area (Å²) in [6.45, 7) is 9.43. The fraction of sp³-hybridized carbons (Fsp3) is 0.130. The molecule has 0 saturated carbocycles. The third-order valence-corrected chi connectivity index (χ3v) is 4.38. The lowest BCUT2D eigenvalue weighted by Crippen LogP contribution is -2.17. The van der Waals surface area contributed by atoms with E-state index < -0.39 is 5.82 Å². The number of aryl methyl sites for hydroxylation is 1. The van der Waals surface area contributed by atoms with Crippen LogP contribution in [0.4, 0.5) is 10.2 Å². The van der Waals surface area contributed by atoms with Gasteiger partial charge in [0.1, 0.15) is 17.3 Å². The first-order valence-electron chi connectivity index (χ1n) is 9.11. The van der Waals surface area contributed by atoms with Crippen molar-refractivity contribution in [2.75, 3.05) is 5.32 Å². The smallest absolute Gasteiger partial charge is 0.193 e. The summed E-state index contributed by atoms with van der Waals surface area (Å²) >= 11 is 0. The Hall–Kier alpha value is -3.47. The second-order valence-electron chi connectivity index (χ2n) is 6.28. The van der Waals surface area contributed by atoms with Crippen molar-refractivity contribution in [1.82, 2.24) is 9.55 Å². The highest BCUT2D eigenvalue weighted by atomic mass is 19.1. The van der Waals surface area contributed by atoms with Crippen LogP contribution in [0, 0.1) is 5.82 Å². The number of allylic oxidation sites excluding steroid dienone is 3. The summed E-state index contributed by atoms with van der Waals surface area (Å²) in [5.74, 6) is 0.0587. The molecular weight excluding hydrogens is 353 g/mol. The molecule has 0 saturated heterocycles. The minimum atomic E-state index is -0.454. The van der Waals surface area contributed by atoms with E-state index in [0.717, 1.165) is 12.1 Å². The number of halogens is 1. The zero-order valence-corrected chi connectivity index (χ0v) is 15.8. The molecule has 0 aliphatic heterocycles. The van der Waals surface area contributed by atoms with Gasteiger partial charge >= 0.3 is 0 Å². The van der Waals surface area contributed by atoms with Crippen molar-refractivity contribution in [3.63, 3.8) is 0 Å². The molecule has 0 atom stereocenters. The molecule has 2 heterocycles. The number of fused-ring (bicyclic) bond motifs is 1. The van der Waals surface area contributed by atoms with Gasteiger partial charge in [-0.2, -0.15) is 0 Å². The average molecular weight is 375 g/mol. The summed E-state index contributed by atoms with van der Waals surface area (Å²) in [7, 11) is 0. The Kier molecular flexibility index (Phi) is 5.84. The summed E-state index contributed by atoms with van der Waals surface area (Å²) in [6, 6.07) is 11.0. The molecule has 28 heavy (non-hydrogen) atoms. The van der Waals surface area contributed by atoms with E-state index in [9.17, 15) is 9.18 Å². The summed E-state index contributed by atoms with van der Waals surface area (Å²) < 4.78 is 16.2. The summed E-state index contributed by atoms with van der Waals surface area (Å²) in [6.07, 6.45) is 7.39. The Morgan fingerprint density at radius 1 is 1.29 bits per heavy atom. The van der Waals surface area contributed by atoms with Gasteiger partial charge < -0.3 is 5.32 Å². The topological polar surface area (TPSA) is 46.9 Å². The number of hydrogen-bond acceptors (Lipinski definition) is 3. The average Bonchev–Trinajstić information content (AvgIpc) is 2.70. The lowest BCUT2D eigenvalue weighted by Gasteiger charge is -2.19. The van der Waals surface area contributed by atoms with E-state index in [-0.39, 0.29) is 5.43 Å². The molecule has 0 spiro atoms. The van der Waals surface area contributed by atoms with Gasteiger partial charge in [0.05, 0.1) is 11.6 Å². The predicted molar refractivity (Wildman–Crippen MR) is 113 cm³/mol. The molecule has 1 N–H and O–H groups in total. The Bertz CT molecular complexity index is 1110. The zero-order valence-electron chi connectivity index (χ0n) is 15.8. The van der Waals surface area contributed by atoms with Crippen molar-refractivity contribution in [1.29, 1.82) is 0 Å². The molecule has 0 aliphatic carbocycles. The summed E-state index contributed by atoms with van der Waals surface area (Å²) in [5, 5.41) is 3.51. The third-order valence-electron chi connectivity index (χ3n) is 4.38. The first kappa shape index (κ1) is 19.3. The quantitative estimate of drug-likeness (QED) is 0.581. The lowest BCUT2D eigenvalue weighted by molar-refractivity contribution is 0.604. The highest BCUT2D eigenvalue weighted by molar-refractivity contribution is 5.83. The van der Waals surface area contributed by atoms with Crippen LogP contribution in [0.5, 0.6) is 0 Å². The van der Waals surface area contributed by atoms with Gasteiger partial charge in [0.15, 0.2) is 5.43 Å². The van der Waals surface area contributed by atoms with Crippen LogP contribution >= 0.6 is 0 Å². The zero-order chi connectivity index (χ0) is 20.1. The van der Waals surface area contributed by atoms with Gasteiger partial charge in [-0.1, -0.05) is 50.8 Å². The van der Waals surface area contributed by atoms with Crippen LogP contribution in [0.25, 0.3) is 16.7 Å². The van der Waals surface area contributed by atoms with E-state index in [1.807, 2.05) is 41.8 Å². The summed E-state index contributed by atoms with van der Waals surface area (Å²) in [5.41, 5.74) is 2.02. The Balaban J connectivity index is 2.40. The number of nitrogens with zero attached hydrogens (tertiary/aromatic N) is 2. The summed E-state index contributed by atoms with van der Waals surface area (Å²) in [4.78, 5) is 17.2. The number of para-hydroxylation sites is 1. The molecule has 4 nitrogen and oxygen atoms in total. The molecule has 5 heteroatoms. The van der Waals surface area contributed by atoms with E-state index in [1.54, 1.807) is 18.2 Å². The second kappa shape index (κ2) is 8.48. The van der Waals surface area contributed by atoms with Crippen LogP contribution < -0.4 is 10.7 Å². The van der Waals surface area contributed by atoms with Gasteiger partial charge in [-0.3, -0.25) is 9.36 Å². The number of nitrogens with one attached hydrogen (secondary N) is 1. The SMILES string of the molecule is C=C/C=C(\C=C)Nc1cc(=O)c2c(CCC)c(F)cnc2n1-c1ccccc1. The van der Waals surface area contributed by atoms with Gasteiger partial charge in [-0.05, 0) is 30.7 Å². The van der Waals surface area contributed by atoms with Gasteiger partial charge in [0.25, 0.3) is 0 Å². The standard InChI is InChI=1S/C23H22FN3O/c1-4-10-16(6-3)26-21-14-20(28)22-18(11-5-2)19(24)15-25-23(22)27(21)17-12-8-7-9-13-17/h4,6-10,12-15,26H,1,3,5,11H2,2H3/b16-10+. The Labute approximate surface area is 163 Å². The monoisotopic (exact) mass is 375 g/mol. The molecule has 142 valence electrons. The molecule has 0 unspecified atom stereocenters. The van der Waals surface area contributed by atoms with Crippen LogP contribution in [-0.2, 0) is 6.42 Å². The maximum Gasteiger partial charge on any atom is 0.193 e. The van der Waals surface area contributed by atoms with E-state index in [0.29, 0.717) is 34.5 Å². The molecule has 0 radical (unpaired) electrons. The fourth-order valence-electron chi connectivity index (χ4n) is 3.18. The number of rotatable bonds is 7. The number of benzene rings is 1. The Morgan fingerprint density at radius 2 is 2.04 bits per heavy atom. The predicted octanol–water partition coefficient (Wildman–Crippen LogP) is 5.15. The fourth-order valence-corrected chi connectivity index (χ4v) is 3.18. The second-order valence-corrected chi connectivity index (χ2v) is 6.28. The number of aromatic nitrogens is 2. The van der Waals surface area contributed by atoms with Crippen LogP contribution in [0.1, 0.15) is 18.9 Å². The number of pyridine rings is 2. The first-order valence-corrected chi connectivity index (χ1v) is 9.11. The van der Waals surface area contributed by atoms with Crippen molar-refractivity contribution in [2.45, 2.75) is 19.8 Å². The van der Waals surface area contributed by atoms with Crippen molar-refractivity contribution < 1.29 is 4.39 Å². The molecule has 0 fully saturated rings. The van der Waals surface area contributed by atoms with E-state index in [1.165, 1.54) is 12.3 Å². The van der Waals surface area contributed by atoms with E-state index in [2.05, 4.69) is 23.5 Å².